The Morgan fingerprint density at radius 3 is 2.64 bits per heavy atom. The van der Waals surface area contributed by atoms with Crippen LogP contribution in [0.3, 0.4) is 0 Å². The van der Waals surface area contributed by atoms with E-state index >= 15 is 0 Å². The second kappa shape index (κ2) is 3.02. The van der Waals surface area contributed by atoms with E-state index in [1.807, 2.05) is 0 Å². The van der Waals surface area contributed by atoms with Crippen LogP contribution in [0.4, 0.5) is 0 Å². The fourth-order valence-electron chi connectivity index (χ4n) is 0.949. The van der Waals surface area contributed by atoms with E-state index < -0.39 is 0 Å². The summed E-state index contributed by atoms with van der Waals surface area (Å²) in [7, 11) is 0. The molecule has 1 heterocycles. The lowest BCUT2D eigenvalue weighted by atomic mass is 9.93. The Morgan fingerprint density at radius 2 is 2.36 bits per heavy atom. The third-order valence-corrected chi connectivity index (χ3v) is 2.48. The van der Waals surface area contributed by atoms with E-state index in [-0.39, 0.29) is 5.60 Å². The van der Waals surface area contributed by atoms with Crippen LogP contribution in [-0.4, -0.2) is 23.9 Å². The first-order chi connectivity index (χ1) is 5.08. The molecule has 3 heteroatoms. The Bertz CT molecular complexity index is 179. The summed E-state index contributed by atoms with van der Waals surface area (Å²) >= 11 is 5.58. The van der Waals surface area contributed by atoms with Gasteiger partial charge >= 0.3 is 0 Å². The Kier molecular flexibility index (Phi) is 2.43. The van der Waals surface area contributed by atoms with Crippen molar-refractivity contribution in [1.29, 1.82) is 0 Å². The van der Waals surface area contributed by atoms with Crippen molar-refractivity contribution in [3.05, 3.63) is 0 Å². The number of nitrogens with zero attached hydrogens (tertiary/aromatic N) is 1. The summed E-state index contributed by atoms with van der Waals surface area (Å²) in [6.45, 7) is 7.08. The lowest BCUT2D eigenvalue weighted by Crippen LogP contribution is -2.35. The maximum atomic E-state index is 5.58. The SMILES string of the molecule is CC(C)[C@@]1(C)CN=C(CCl)O1. The van der Waals surface area contributed by atoms with E-state index in [9.17, 15) is 0 Å². The fourth-order valence-corrected chi connectivity index (χ4v) is 1.09. The molecule has 0 N–H and O–H groups in total. The van der Waals surface area contributed by atoms with Gasteiger partial charge in [0.05, 0.1) is 12.4 Å². The Balaban J connectivity index is 2.57. The first-order valence-corrected chi connectivity index (χ1v) is 4.40. The highest BCUT2D eigenvalue weighted by atomic mass is 35.5. The fraction of sp³-hybridized carbons (Fsp3) is 0.875. The van der Waals surface area contributed by atoms with Gasteiger partial charge in [-0.1, -0.05) is 13.8 Å². The second-order valence-corrected chi connectivity index (χ2v) is 3.68. The second-order valence-electron chi connectivity index (χ2n) is 3.41. The van der Waals surface area contributed by atoms with E-state index in [0.29, 0.717) is 17.7 Å². The van der Waals surface area contributed by atoms with Crippen molar-refractivity contribution in [3.63, 3.8) is 0 Å². The standard InChI is InChI=1S/C8H14ClNO/c1-6(2)8(3)5-10-7(4-9)11-8/h6H,4-5H2,1-3H3/t8-/m1/s1. The topological polar surface area (TPSA) is 21.6 Å². The van der Waals surface area contributed by atoms with Crippen LogP contribution in [0.5, 0.6) is 0 Å². The molecule has 11 heavy (non-hydrogen) atoms. The van der Waals surface area contributed by atoms with Crippen LogP contribution in [0.25, 0.3) is 0 Å². The van der Waals surface area contributed by atoms with E-state index in [0.717, 1.165) is 6.54 Å². The van der Waals surface area contributed by atoms with Gasteiger partial charge in [-0.05, 0) is 12.8 Å². The summed E-state index contributed by atoms with van der Waals surface area (Å²) in [6.07, 6.45) is 0. The molecule has 2 nitrogen and oxygen atoms in total. The number of rotatable bonds is 2. The van der Waals surface area contributed by atoms with Crippen LogP contribution in [0.15, 0.2) is 4.99 Å². The molecule has 0 aromatic rings. The number of alkyl halides is 1. The number of ether oxygens (including phenoxy) is 1. The molecular weight excluding hydrogens is 162 g/mol. The van der Waals surface area contributed by atoms with Crippen LogP contribution in [0.2, 0.25) is 0 Å². The molecule has 0 amide bonds. The van der Waals surface area contributed by atoms with Gasteiger partial charge in [-0.3, -0.25) is 4.99 Å². The van der Waals surface area contributed by atoms with Crippen LogP contribution in [0.1, 0.15) is 20.8 Å². The normalized spacial score (nSPS) is 30.5. The van der Waals surface area contributed by atoms with Crippen LogP contribution < -0.4 is 0 Å². The predicted octanol–water partition coefficient (Wildman–Crippen LogP) is 2.07. The Labute approximate surface area is 72.6 Å². The third-order valence-electron chi connectivity index (χ3n) is 2.26. The molecule has 0 bridgehead atoms. The molecule has 0 fully saturated rings. The number of halogens is 1. The largest absolute Gasteiger partial charge is 0.472 e. The zero-order valence-corrected chi connectivity index (χ0v) is 7.98. The molecule has 1 aliphatic rings. The monoisotopic (exact) mass is 175 g/mol. The highest BCUT2D eigenvalue weighted by Gasteiger charge is 2.35. The molecule has 0 aromatic heterocycles. The maximum Gasteiger partial charge on any atom is 0.199 e. The van der Waals surface area contributed by atoms with Crippen molar-refractivity contribution in [2.75, 3.05) is 12.4 Å². The van der Waals surface area contributed by atoms with Gasteiger partial charge in [0.25, 0.3) is 0 Å². The van der Waals surface area contributed by atoms with Gasteiger partial charge in [-0.15, -0.1) is 11.6 Å². The van der Waals surface area contributed by atoms with Crippen molar-refractivity contribution in [3.8, 4) is 0 Å². The van der Waals surface area contributed by atoms with Crippen LogP contribution in [0, 0.1) is 5.92 Å². The minimum Gasteiger partial charge on any atom is -0.472 e. The molecule has 64 valence electrons. The maximum absolute atomic E-state index is 5.58. The number of hydrogen-bond acceptors (Lipinski definition) is 2. The van der Waals surface area contributed by atoms with Gasteiger partial charge < -0.3 is 4.74 Å². The lowest BCUT2D eigenvalue weighted by molar-refractivity contribution is 0.0577. The minimum atomic E-state index is -0.121. The zero-order valence-electron chi connectivity index (χ0n) is 7.22. The van der Waals surface area contributed by atoms with E-state index in [2.05, 4.69) is 25.8 Å². The highest BCUT2D eigenvalue weighted by Crippen LogP contribution is 2.26. The average molecular weight is 176 g/mol. The lowest BCUT2D eigenvalue weighted by Gasteiger charge is -2.27. The molecule has 0 spiro atoms. The average Bonchev–Trinajstić information content (AvgIpc) is 2.33. The molecule has 0 aromatic carbocycles. The molecule has 0 saturated carbocycles. The molecule has 0 aliphatic carbocycles. The molecule has 0 radical (unpaired) electrons. The summed E-state index contributed by atoms with van der Waals surface area (Å²) < 4.78 is 5.58. The van der Waals surface area contributed by atoms with Gasteiger partial charge in [-0.2, -0.15) is 0 Å². The van der Waals surface area contributed by atoms with Crippen molar-refractivity contribution >= 4 is 17.5 Å². The van der Waals surface area contributed by atoms with Crippen molar-refractivity contribution in [1.82, 2.24) is 0 Å². The predicted molar refractivity (Wildman–Crippen MR) is 47.4 cm³/mol. The zero-order chi connectivity index (χ0) is 8.48. The molecule has 0 unspecified atom stereocenters. The summed E-state index contributed by atoms with van der Waals surface area (Å²) in [5, 5.41) is 0. The summed E-state index contributed by atoms with van der Waals surface area (Å²) in [5.41, 5.74) is -0.121. The third kappa shape index (κ3) is 1.67. The van der Waals surface area contributed by atoms with E-state index in [4.69, 9.17) is 16.3 Å². The summed E-state index contributed by atoms with van der Waals surface area (Å²) in [5.74, 6) is 1.55. The van der Waals surface area contributed by atoms with Gasteiger partial charge in [0.2, 0.25) is 0 Å². The summed E-state index contributed by atoms with van der Waals surface area (Å²) in [4.78, 5) is 4.19. The quantitative estimate of drug-likeness (QED) is 0.589. The van der Waals surface area contributed by atoms with Gasteiger partial charge in [0.15, 0.2) is 5.90 Å². The summed E-state index contributed by atoms with van der Waals surface area (Å²) in [6, 6.07) is 0. The molecule has 1 rings (SSSR count). The van der Waals surface area contributed by atoms with Crippen molar-refractivity contribution in [2.45, 2.75) is 26.4 Å². The van der Waals surface area contributed by atoms with Crippen molar-refractivity contribution in [2.24, 2.45) is 10.9 Å². The molecule has 0 saturated heterocycles. The van der Waals surface area contributed by atoms with E-state index in [1.54, 1.807) is 0 Å². The molecule has 1 aliphatic heterocycles. The first kappa shape index (κ1) is 8.85. The van der Waals surface area contributed by atoms with Gasteiger partial charge in [0.1, 0.15) is 5.60 Å². The Hall–Kier alpha value is -0.240. The number of hydrogen-bond donors (Lipinski definition) is 0. The van der Waals surface area contributed by atoms with Gasteiger partial charge in [-0.25, -0.2) is 0 Å². The van der Waals surface area contributed by atoms with E-state index in [1.165, 1.54) is 0 Å². The highest BCUT2D eigenvalue weighted by molar-refractivity contribution is 6.27. The van der Waals surface area contributed by atoms with Crippen molar-refractivity contribution < 1.29 is 4.74 Å². The van der Waals surface area contributed by atoms with Crippen LogP contribution in [-0.2, 0) is 4.74 Å². The Morgan fingerprint density at radius 1 is 1.73 bits per heavy atom. The first-order valence-electron chi connectivity index (χ1n) is 3.87. The van der Waals surface area contributed by atoms with Crippen LogP contribution >= 0.6 is 11.6 Å². The molecule has 1 atom stereocenters. The molecular formula is C8H14ClNO. The van der Waals surface area contributed by atoms with Gasteiger partial charge in [0, 0.05) is 0 Å². The smallest absolute Gasteiger partial charge is 0.199 e. The number of aliphatic imine (C=N–C) groups is 1. The minimum absolute atomic E-state index is 0.121.